The van der Waals surface area contributed by atoms with Crippen molar-refractivity contribution in [2.24, 2.45) is 0 Å². The SMILES string of the molecule is C=C(C)C(=O)CCC[N+](C)(C)CCS(=O)(=O)O. The summed E-state index contributed by atoms with van der Waals surface area (Å²) < 4.78 is 30.4. The number of carbonyl (C=O) groups is 1. The van der Waals surface area contributed by atoms with Gasteiger partial charge in [0.15, 0.2) is 5.78 Å². The van der Waals surface area contributed by atoms with E-state index in [2.05, 4.69) is 6.58 Å². The Morgan fingerprint density at radius 3 is 2.24 bits per heavy atom. The van der Waals surface area contributed by atoms with Crippen molar-refractivity contribution in [1.82, 2.24) is 0 Å². The maximum absolute atomic E-state index is 11.3. The monoisotopic (exact) mass is 264 g/mol. The Morgan fingerprint density at radius 1 is 1.29 bits per heavy atom. The van der Waals surface area contributed by atoms with Crippen LogP contribution in [0.25, 0.3) is 0 Å². The average Bonchev–Trinajstić information content (AvgIpc) is 2.13. The van der Waals surface area contributed by atoms with E-state index in [-0.39, 0.29) is 11.5 Å². The number of hydrogen-bond acceptors (Lipinski definition) is 3. The van der Waals surface area contributed by atoms with Crippen LogP contribution in [0.5, 0.6) is 0 Å². The van der Waals surface area contributed by atoms with Crippen molar-refractivity contribution in [3.63, 3.8) is 0 Å². The zero-order valence-corrected chi connectivity index (χ0v) is 11.6. The second-order valence-electron chi connectivity index (χ2n) is 4.98. The minimum Gasteiger partial charge on any atom is -0.328 e. The van der Waals surface area contributed by atoms with Gasteiger partial charge in [-0.15, -0.1) is 0 Å². The van der Waals surface area contributed by atoms with Gasteiger partial charge in [0.05, 0.1) is 27.2 Å². The molecule has 0 fully saturated rings. The summed E-state index contributed by atoms with van der Waals surface area (Å²) in [5, 5.41) is 0. The largest absolute Gasteiger partial charge is 0.328 e. The van der Waals surface area contributed by atoms with E-state index in [1.807, 2.05) is 14.1 Å². The van der Waals surface area contributed by atoms with Crippen LogP contribution in [-0.2, 0) is 14.9 Å². The summed E-state index contributed by atoms with van der Waals surface area (Å²) in [6, 6.07) is 0. The van der Waals surface area contributed by atoms with Crippen molar-refractivity contribution < 1.29 is 22.2 Å². The highest BCUT2D eigenvalue weighted by Gasteiger charge is 2.19. The molecule has 5 nitrogen and oxygen atoms in total. The molecule has 0 aliphatic carbocycles. The van der Waals surface area contributed by atoms with E-state index in [4.69, 9.17) is 4.55 Å². The number of carbonyl (C=O) groups excluding carboxylic acids is 1. The molecule has 0 saturated heterocycles. The normalized spacial score (nSPS) is 12.5. The fraction of sp³-hybridized carbons (Fsp3) is 0.727. The standard InChI is InChI=1S/C11H21NO4S/c1-10(2)11(13)6-5-7-12(3,4)8-9-17(14,15)16/h1,5-9H2,2-4H3/p+1. The second kappa shape index (κ2) is 6.28. The third-order valence-corrected chi connectivity index (χ3v) is 3.30. The molecule has 100 valence electrons. The molecule has 0 heterocycles. The lowest BCUT2D eigenvalue weighted by molar-refractivity contribution is -0.888. The lowest BCUT2D eigenvalue weighted by Gasteiger charge is -2.29. The fourth-order valence-corrected chi connectivity index (χ4v) is 2.08. The van der Waals surface area contributed by atoms with Gasteiger partial charge in [-0.1, -0.05) is 6.58 Å². The van der Waals surface area contributed by atoms with E-state index in [1.54, 1.807) is 6.92 Å². The van der Waals surface area contributed by atoms with Gasteiger partial charge in [0.2, 0.25) is 0 Å². The van der Waals surface area contributed by atoms with E-state index in [9.17, 15) is 13.2 Å². The van der Waals surface area contributed by atoms with Crippen molar-refractivity contribution in [3.05, 3.63) is 12.2 Å². The molecule has 0 amide bonds. The maximum Gasteiger partial charge on any atom is 0.270 e. The van der Waals surface area contributed by atoms with Gasteiger partial charge in [0.1, 0.15) is 5.75 Å². The predicted octanol–water partition coefficient (Wildman–Crippen LogP) is 0.876. The highest BCUT2D eigenvalue weighted by molar-refractivity contribution is 7.85. The van der Waals surface area contributed by atoms with Gasteiger partial charge in [-0.3, -0.25) is 9.35 Å². The van der Waals surface area contributed by atoms with E-state index >= 15 is 0 Å². The van der Waals surface area contributed by atoms with Crippen LogP contribution in [0.4, 0.5) is 0 Å². The Balaban J connectivity index is 4.02. The first-order chi connectivity index (χ1) is 7.53. The molecule has 0 aromatic rings. The van der Waals surface area contributed by atoms with Gasteiger partial charge in [-0.2, -0.15) is 8.42 Å². The molecule has 0 radical (unpaired) electrons. The topological polar surface area (TPSA) is 71.4 Å². The number of nitrogens with zero attached hydrogens (tertiary/aromatic N) is 1. The number of ketones is 1. The number of rotatable bonds is 8. The van der Waals surface area contributed by atoms with Crippen molar-refractivity contribution in [1.29, 1.82) is 0 Å². The summed E-state index contributed by atoms with van der Waals surface area (Å²) in [7, 11) is -0.166. The van der Waals surface area contributed by atoms with Gasteiger partial charge in [-0.25, -0.2) is 0 Å². The number of allylic oxidation sites excluding steroid dienone is 1. The molecule has 0 saturated carbocycles. The zero-order valence-electron chi connectivity index (χ0n) is 10.8. The van der Waals surface area contributed by atoms with Crippen LogP contribution in [0.3, 0.4) is 0 Å². The maximum atomic E-state index is 11.3. The van der Waals surface area contributed by atoms with Crippen molar-refractivity contribution in [3.8, 4) is 0 Å². The second-order valence-corrected chi connectivity index (χ2v) is 6.55. The van der Waals surface area contributed by atoms with Gasteiger partial charge >= 0.3 is 0 Å². The minimum absolute atomic E-state index is 0.0415. The summed E-state index contributed by atoms with van der Waals surface area (Å²) >= 11 is 0. The third-order valence-electron chi connectivity index (χ3n) is 2.60. The number of Topliss-reactive ketones (excluding diaryl/α,β-unsaturated/α-hetero) is 1. The molecule has 0 aliphatic rings. The molecular formula is C11H22NO4S+. The van der Waals surface area contributed by atoms with E-state index in [0.29, 0.717) is 36.0 Å². The minimum atomic E-state index is -3.91. The van der Waals surface area contributed by atoms with Gasteiger partial charge < -0.3 is 4.48 Å². The number of quaternary nitrogens is 1. The quantitative estimate of drug-likeness (QED) is 0.401. The molecule has 0 atom stereocenters. The third kappa shape index (κ3) is 9.02. The Bertz CT molecular complexity index is 384. The Hall–Kier alpha value is -0.720. The highest BCUT2D eigenvalue weighted by atomic mass is 32.2. The van der Waals surface area contributed by atoms with Crippen LogP contribution in [0.15, 0.2) is 12.2 Å². The molecule has 0 aromatic heterocycles. The molecule has 0 unspecified atom stereocenters. The molecule has 0 rings (SSSR count). The first-order valence-corrected chi connectivity index (χ1v) is 7.10. The molecule has 6 heteroatoms. The van der Waals surface area contributed by atoms with E-state index < -0.39 is 10.1 Å². The van der Waals surface area contributed by atoms with Crippen LogP contribution in [0, 0.1) is 0 Å². The molecule has 0 bridgehead atoms. The zero-order chi connectivity index (χ0) is 13.7. The molecule has 17 heavy (non-hydrogen) atoms. The summed E-state index contributed by atoms with van der Waals surface area (Å²) in [5.41, 5.74) is 0.549. The Kier molecular flexibility index (Phi) is 6.01. The summed E-state index contributed by atoms with van der Waals surface area (Å²) in [5.74, 6) is -0.214. The average molecular weight is 264 g/mol. The predicted molar refractivity (Wildman–Crippen MR) is 67.3 cm³/mol. The fourth-order valence-electron chi connectivity index (χ4n) is 1.36. The first-order valence-electron chi connectivity index (χ1n) is 5.49. The molecule has 0 spiro atoms. The summed E-state index contributed by atoms with van der Waals surface area (Å²) in [4.78, 5) is 11.3. The Morgan fingerprint density at radius 2 is 1.82 bits per heavy atom. The van der Waals surface area contributed by atoms with Gasteiger partial charge in [-0.05, 0) is 12.5 Å². The lowest BCUT2D eigenvalue weighted by Crippen LogP contribution is -2.43. The van der Waals surface area contributed by atoms with E-state index in [0.717, 1.165) is 0 Å². The van der Waals surface area contributed by atoms with E-state index in [1.165, 1.54) is 0 Å². The van der Waals surface area contributed by atoms with Crippen LogP contribution >= 0.6 is 0 Å². The van der Waals surface area contributed by atoms with Crippen LogP contribution in [0.1, 0.15) is 19.8 Å². The van der Waals surface area contributed by atoms with Gasteiger partial charge in [0.25, 0.3) is 10.1 Å². The summed E-state index contributed by atoms with van der Waals surface area (Å²) in [6.07, 6.45) is 1.12. The van der Waals surface area contributed by atoms with Crippen LogP contribution in [0.2, 0.25) is 0 Å². The van der Waals surface area contributed by atoms with Crippen molar-refractivity contribution in [2.45, 2.75) is 19.8 Å². The van der Waals surface area contributed by atoms with Crippen LogP contribution in [-0.4, -0.2) is 56.2 Å². The molecule has 0 aliphatic heterocycles. The van der Waals surface area contributed by atoms with Crippen molar-refractivity contribution >= 4 is 15.9 Å². The lowest BCUT2D eigenvalue weighted by atomic mass is 10.1. The van der Waals surface area contributed by atoms with Crippen LogP contribution < -0.4 is 0 Å². The first kappa shape index (κ1) is 16.3. The van der Waals surface area contributed by atoms with Gasteiger partial charge in [0, 0.05) is 12.8 Å². The highest BCUT2D eigenvalue weighted by Crippen LogP contribution is 2.05. The molecular weight excluding hydrogens is 242 g/mol. The Labute approximate surface area is 103 Å². The molecule has 0 aromatic carbocycles. The summed E-state index contributed by atoms with van der Waals surface area (Å²) in [6.45, 7) is 6.28. The van der Waals surface area contributed by atoms with Crippen molar-refractivity contribution in [2.75, 3.05) is 32.9 Å². The number of hydrogen-bond donors (Lipinski definition) is 1. The molecule has 1 N–H and O–H groups in total. The smallest absolute Gasteiger partial charge is 0.270 e.